The Balaban J connectivity index is 0.00000169. The van der Waals surface area contributed by atoms with E-state index in [0.29, 0.717) is 11.3 Å². The van der Waals surface area contributed by atoms with Crippen molar-refractivity contribution in [3.8, 4) is 0 Å². The van der Waals surface area contributed by atoms with Gasteiger partial charge in [0, 0.05) is 12.5 Å². The van der Waals surface area contributed by atoms with E-state index in [1.807, 2.05) is 22.8 Å². The molecule has 1 aliphatic carbocycles. The van der Waals surface area contributed by atoms with Crippen LogP contribution in [-0.4, -0.2) is 15.3 Å². The summed E-state index contributed by atoms with van der Waals surface area (Å²) in [6.07, 6.45) is 4.57. The zero-order valence-corrected chi connectivity index (χ0v) is 14.3. The Hall–Kier alpha value is -2.14. The summed E-state index contributed by atoms with van der Waals surface area (Å²) in [7, 11) is 0. The predicted molar refractivity (Wildman–Crippen MR) is 96.9 cm³/mol. The summed E-state index contributed by atoms with van der Waals surface area (Å²) in [5.74, 6) is 6.60. The lowest BCUT2D eigenvalue weighted by Crippen LogP contribution is -2.37. The Kier molecular flexibility index (Phi) is 4.71. The van der Waals surface area contributed by atoms with Crippen molar-refractivity contribution in [3.63, 3.8) is 0 Å². The minimum absolute atomic E-state index is 0. The maximum atomic E-state index is 13.0. The first-order chi connectivity index (χ1) is 11.3. The van der Waals surface area contributed by atoms with Crippen LogP contribution in [0.4, 0.5) is 0 Å². The van der Waals surface area contributed by atoms with Crippen molar-refractivity contribution in [3.05, 3.63) is 63.3 Å². The van der Waals surface area contributed by atoms with Gasteiger partial charge in [-0.15, -0.1) is 12.4 Å². The SMILES string of the molecule is Cl.NN=C1CCCc2nc3n(c(=O)c21)CCCC3c1ccccc1. The molecule has 4 rings (SSSR count). The Bertz CT molecular complexity index is 829. The van der Waals surface area contributed by atoms with Crippen molar-refractivity contribution in [2.24, 2.45) is 10.9 Å². The molecule has 1 aromatic heterocycles. The van der Waals surface area contributed by atoms with E-state index in [9.17, 15) is 4.79 Å². The zero-order valence-electron chi connectivity index (χ0n) is 13.4. The second-order valence-corrected chi connectivity index (χ2v) is 6.28. The lowest BCUT2D eigenvalue weighted by Gasteiger charge is -2.29. The average molecular weight is 345 g/mol. The molecule has 6 heteroatoms. The van der Waals surface area contributed by atoms with E-state index in [4.69, 9.17) is 10.8 Å². The number of halogens is 1. The standard InChI is InChI=1S/C18H20N4O.ClH/c19-21-15-10-4-9-14-16(15)18(23)22-11-5-8-13(17(22)20-14)12-6-2-1-3-7-12;/h1-3,6-7,13H,4-5,8-11,19H2;1H. The first-order valence-corrected chi connectivity index (χ1v) is 8.25. The molecule has 2 aromatic rings. The fourth-order valence-electron chi connectivity index (χ4n) is 3.83. The van der Waals surface area contributed by atoms with Crippen LogP contribution in [0, 0.1) is 0 Å². The summed E-state index contributed by atoms with van der Waals surface area (Å²) in [6, 6.07) is 10.4. The van der Waals surface area contributed by atoms with Crippen LogP contribution in [-0.2, 0) is 13.0 Å². The van der Waals surface area contributed by atoms with Gasteiger partial charge in [-0.1, -0.05) is 30.3 Å². The largest absolute Gasteiger partial charge is 0.323 e. The Labute approximate surface area is 147 Å². The number of hydrogen-bond donors (Lipinski definition) is 1. The number of aromatic nitrogens is 2. The van der Waals surface area contributed by atoms with Gasteiger partial charge in [-0.2, -0.15) is 5.10 Å². The van der Waals surface area contributed by atoms with Gasteiger partial charge in [0.05, 0.1) is 17.0 Å². The summed E-state index contributed by atoms with van der Waals surface area (Å²) in [4.78, 5) is 17.9. The second kappa shape index (κ2) is 6.77. The molecule has 0 saturated heterocycles. The van der Waals surface area contributed by atoms with Crippen molar-refractivity contribution < 1.29 is 0 Å². The summed E-state index contributed by atoms with van der Waals surface area (Å²) in [5, 5.41) is 3.84. The monoisotopic (exact) mass is 344 g/mol. The van der Waals surface area contributed by atoms with Crippen molar-refractivity contribution >= 4 is 18.1 Å². The van der Waals surface area contributed by atoms with Gasteiger partial charge in [0.15, 0.2) is 0 Å². The second-order valence-electron chi connectivity index (χ2n) is 6.28. The van der Waals surface area contributed by atoms with Crippen molar-refractivity contribution in [2.75, 3.05) is 0 Å². The van der Waals surface area contributed by atoms with E-state index in [1.54, 1.807) is 0 Å². The van der Waals surface area contributed by atoms with Crippen LogP contribution in [0.3, 0.4) is 0 Å². The van der Waals surface area contributed by atoms with Crippen LogP contribution >= 0.6 is 12.4 Å². The highest BCUT2D eigenvalue weighted by atomic mass is 35.5. The van der Waals surface area contributed by atoms with E-state index < -0.39 is 0 Å². The van der Waals surface area contributed by atoms with Gasteiger partial charge in [-0.25, -0.2) is 4.98 Å². The van der Waals surface area contributed by atoms with E-state index in [2.05, 4.69) is 17.2 Å². The van der Waals surface area contributed by atoms with E-state index in [-0.39, 0.29) is 23.9 Å². The maximum absolute atomic E-state index is 13.0. The number of benzene rings is 1. The fourth-order valence-corrected chi connectivity index (χ4v) is 3.83. The molecule has 1 atom stereocenters. The number of nitrogens with zero attached hydrogens (tertiary/aromatic N) is 3. The average Bonchev–Trinajstić information content (AvgIpc) is 2.61. The molecule has 2 heterocycles. The van der Waals surface area contributed by atoms with Crippen LogP contribution in [0.15, 0.2) is 40.2 Å². The zero-order chi connectivity index (χ0) is 15.8. The molecule has 0 radical (unpaired) electrons. The van der Waals surface area contributed by atoms with E-state index >= 15 is 0 Å². The van der Waals surface area contributed by atoms with Crippen LogP contribution in [0.1, 0.15) is 54.2 Å². The van der Waals surface area contributed by atoms with Gasteiger partial charge < -0.3 is 5.84 Å². The smallest absolute Gasteiger partial charge is 0.262 e. The molecule has 126 valence electrons. The third-order valence-electron chi connectivity index (χ3n) is 4.93. The highest BCUT2D eigenvalue weighted by molar-refractivity contribution is 6.01. The highest BCUT2D eigenvalue weighted by Gasteiger charge is 2.29. The van der Waals surface area contributed by atoms with Gasteiger partial charge >= 0.3 is 0 Å². The molecule has 0 amide bonds. The van der Waals surface area contributed by atoms with Crippen LogP contribution in [0.5, 0.6) is 0 Å². The van der Waals surface area contributed by atoms with Gasteiger partial charge in [0.2, 0.25) is 0 Å². The molecule has 2 aliphatic rings. The number of nitrogens with two attached hydrogens (primary N) is 1. The van der Waals surface area contributed by atoms with E-state index in [0.717, 1.165) is 50.2 Å². The Morgan fingerprint density at radius 2 is 1.96 bits per heavy atom. The molecule has 0 bridgehead atoms. The minimum atomic E-state index is 0. The van der Waals surface area contributed by atoms with Gasteiger partial charge in [-0.05, 0) is 37.7 Å². The molecular weight excluding hydrogens is 324 g/mol. The third kappa shape index (κ3) is 2.63. The summed E-state index contributed by atoms with van der Waals surface area (Å²) in [6.45, 7) is 0.732. The molecule has 0 spiro atoms. The number of fused-ring (bicyclic) bond motifs is 2. The highest BCUT2D eigenvalue weighted by Crippen LogP contribution is 2.32. The number of aryl methyl sites for hydroxylation is 1. The first-order valence-electron chi connectivity index (χ1n) is 8.25. The van der Waals surface area contributed by atoms with Gasteiger partial charge in [0.25, 0.3) is 5.56 Å². The molecule has 2 N–H and O–H groups in total. The molecule has 1 unspecified atom stereocenters. The summed E-state index contributed by atoms with van der Waals surface area (Å²) in [5.41, 5.74) is 3.50. The van der Waals surface area contributed by atoms with Crippen molar-refractivity contribution in [1.29, 1.82) is 0 Å². The van der Waals surface area contributed by atoms with Crippen molar-refractivity contribution in [1.82, 2.24) is 9.55 Å². The van der Waals surface area contributed by atoms with Gasteiger partial charge in [-0.3, -0.25) is 9.36 Å². The number of hydrazone groups is 1. The Morgan fingerprint density at radius 3 is 2.71 bits per heavy atom. The van der Waals surface area contributed by atoms with E-state index in [1.165, 1.54) is 5.56 Å². The normalized spacial score (nSPS) is 20.8. The first kappa shape index (κ1) is 16.7. The molecule has 24 heavy (non-hydrogen) atoms. The summed E-state index contributed by atoms with van der Waals surface area (Å²) < 4.78 is 1.84. The topological polar surface area (TPSA) is 73.3 Å². The quantitative estimate of drug-likeness (QED) is 0.638. The van der Waals surface area contributed by atoms with Crippen LogP contribution in [0.25, 0.3) is 0 Å². The van der Waals surface area contributed by atoms with Crippen LogP contribution in [0.2, 0.25) is 0 Å². The van der Waals surface area contributed by atoms with Gasteiger partial charge in [0.1, 0.15) is 5.82 Å². The lowest BCUT2D eigenvalue weighted by molar-refractivity contribution is 0.452. The molecule has 0 saturated carbocycles. The maximum Gasteiger partial charge on any atom is 0.262 e. The Morgan fingerprint density at radius 1 is 1.17 bits per heavy atom. The lowest BCUT2D eigenvalue weighted by atomic mass is 9.89. The predicted octanol–water partition coefficient (Wildman–Crippen LogP) is 2.59. The molecule has 0 fully saturated rings. The number of rotatable bonds is 1. The molecule has 1 aliphatic heterocycles. The third-order valence-corrected chi connectivity index (χ3v) is 4.93. The number of hydrogen-bond acceptors (Lipinski definition) is 4. The van der Waals surface area contributed by atoms with Crippen LogP contribution < -0.4 is 11.4 Å². The van der Waals surface area contributed by atoms with Crippen molar-refractivity contribution in [2.45, 2.75) is 44.6 Å². The molecule has 5 nitrogen and oxygen atoms in total. The minimum Gasteiger partial charge on any atom is -0.323 e. The molecule has 1 aromatic carbocycles. The molecular formula is C18H21ClN4O. The fraction of sp³-hybridized carbons (Fsp3) is 0.389. The summed E-state index contributed by atoms with van der Waals surface area (Å²) >= 11 is 0.